The summed E-state index contributed by atoms with van der Waals surface area (Å²) in [6.07, 6.45) is -0.646. The number of aromatic carboxylic acids is 1. The fourth-order valence-corrected chi connectivity index (χ4v) is 3.80. The summed E-state index contributed by atoms with van der Waals surface area (Å²) < 4.78 is 39.2. The topological polar surface area (TPSA) is 105 Å². The van der Waals surface area contributed by atoms with E-state index in [-0.39, 0.29) is 20.6 Å². The van der Waals surface area contributed by atoms with Gasteiger partial charge in [-0.3, -0.25) is 14.8 Å². The predicted octanol–water partition coefficient (Wildman–Crippen LogP) is 4.57. The summed E-state index contributed by atoms with van der Waals surface area (Å²) in [5, 5.41) is 11.9. The fourth-order valence-electron chi connectivity index (χ4n) is 2.55. The first-order valence-electron chi connectivity index (χ1n) is 8.25. The second-order valence-electron chi connectivity index (χ2n) is 6.05. The maximum Gasteiger partial charge on any atom is 0.416 e. The summed E-state index contributed by atoms with van der Waals surface area (Å²) in [7, 11) is 0. The van der Waals surface area contributed by atoms with E-state index in [0.717, 1.165) is 23.5 Å². The van der Waals surface area contributed by atoms with Crippen LogP contribution in [0.3, 0.4) is 0 Å². The van der Waals surface area contributed by atoms with E-state index in [4.69, 9.17) is 5.11 Å². The molecule has 0 saturated carbocycles. The third-order valence-electron chi connectivity index (χ3n) is 3.89. The molecule has 2 aromatic heterocycles. The first-order valence-corrected chi connectivity index (χ1v) is 9.86. The van der Waals surface area contributed by atoms with Gasteiger partial charge in [-0.1, -0.05) is 15.9 Å². The maximum absolute atomic E-state index is 13.0. The number of carboxylic acids is 1. The molecule has 0 aliphatic heterocycles. The lowest BCUT2D eigenvalue weighted by Crippen LogP contribution is -2.28. The molecular formula is C18H12BrF3N4O3S. The molecule has 0 aliphatic rings. The standard InChI is InChI=1S/C18H12BrF3N4O3S/c1-8(26-15(27)9-4-10(18(20,21)22)6-11(19)5-9)13-14(24-3-2-23-13)16-25-7-12(30-16)17(28)29/h2-8H,1H3,(H,26,27)(H,28,29). The highest BCUT2D eigenvalue weighted by molar-refractivity contribution is 9.10. The van der Waals surface area contributed by atoms with Crippen LogP contribution < -0.4 is 5.32 Å². The summed E-state index contributed by atoms with van der Waals surface area (Å²) in [5.41, 5.74) is -0.577. The fraction of sp³-hybridized carbons (Fsp3) is 0.167. The number of carboxylic acid groups (broad SMARTS) is 1. The van der Waals surface area contributed by atoms with Gasteiger partial charge in [-0.2, -0.15) is 13.2 Å². The molecule has 3 aromatic rings. The molecule has 0 aliphatic carbocycles. The van der Waals surface area contributed by atoms with Crippen LogP contribution in [0.5, 0.6) is 0 Å². The highest BCUT2D eigenvalue weighted by Gasteiger charge is 2.32. The minimum Gasteiger partial charge on any atom is -0.477 e. The average molecular weight is 501 g/mol. The van der Waals surface area contributed by atoms with Gasteiger partial charge in [0, 0.05) is 22.4 Å². The maximum atomic E-state index is 13.0. The van der Waals surface area contributed by atoms with Crippen LogP contribution in [0.15, 0.2) is 41.3 Å². The van der Waals surface area contributed by atoms with Gasteiger partial charge in [0.15, 0.2) is 0 Å². The smallest absolute Gasteiger partial charge is 0.416 e. The van der Waals surface area contributed by atoms with Crippen LogP contribution in [0.1, 0.15) is 44.3 Å². The number of benzene rings is 1. The van der Waals surface area contributed by atoms with Crippen molar-refractivity contribution >= 4 is 39.1 Å². The molecule has 1 amide bonds. The zero-order valence-electron chi connectivity index (χ0n) is 15.1. The van der Waals surface area contributed by atoms with Crippen LogP contribution in [0.2, 0.25) is 0 Å². The Labute approximate surface area is 180 Å². The molecule has 7 nitrogen and oxygen atoms in total. The molecule has 3 rings (SSSR count). The average Bonchev–Trinajstić information content (AvgIpc) is 3.17. The quantitative estimate of drug-likeness (QED) is 0.531. The Morgan fingerprint density at radius 3 is 2.50 bits per heavy atom. The number of hydrogen-bond donors (Lipinski definition) is 2. The largest absolute Gasteiger partial charge is 0.477 e. The van der Waals surface area contributed by atoms with Gasteiger partial charge in [0.25, 0.3) is 5.91 Å². The Kier molecular flexibility index (Phi) is 6.17. The molecule has 1 atom stereocenters. The molecule has 0 bridgehead atoms. The Morgan fingerprint density at radius 2 is 1.87 bits per heavy atom. The second kappa shape index (κ2) is 8.48. The van der Waals surface area contributed by atoms with Gasteiger partial charge in [0.05, 0.1) is 23.5 Å². The summed E-state index contributed by atoms with van der Waals surface area (Å²) in [5.74, 6) is -1.88. The number of thiazole rings is 1. The highest BCUT2D eigenvalue weighted by atomic mass is 79.9. The van der Waals surface area contributed by atoms with Gasteiger partial charge >= 0.3 is 12.1 Å². The SMILES string of the molecule is CC(NC(=O)c1cc(Br)cc(C(F)(F)F)c1)c1nccnc1-c1ncc(C(=O)O)s1. The lowest BCUT2D eigenvalue weighted by Gasteiger charge is -2.16. The normalized spacial score (nSPS) is 12.4. The molecular weight excluding hydrogens is 489 g/mol. The zero-order chi connectivity index (χ0) is 22.1. The van der Waals surface area contributed by atoms with Crippen molar-refractivity contribution in [1.29, 1.82) is 0 Å². The number of nitrogens with one attached hydrogen (secondary N) is 1. The molecule has 156 valence electrons. The van der Waals surface area contributed by atoms with E-state index in [9.17, 15) is 22.8 Å². The van der Waals surface area contributed by atoms with E-state index in [1.165, 1.54) is 24.7 Å². The number of amides is 1. The van der Waals surface area contributed by atoms with Crippen molar-refractivity contribution < 1.29 is 27.9 Å². The minimum atomic E-state index is -4.60. The van der Waals surface area contributed by atoms with Crippen molar-refractivity contribution in [2.45, 2.75) is 19.1 Å². The number of rotatable bonds is 5. The molecule has 0 fully saturated rings. The number of carbonyl (C=O) groups is 2. The molecule has 1 unspecified atom stereocenters. The van der Waals surface area contributed by atoms with E-state index in [1.807, 2.05) is 0 Å². The predicted molar refractivity (Wildman–Crippen MR) is 105 cm³/mol. The summed E-state index contributed by atoms with van der Waals surface area (Å²) in [6, 6.07) is 2.16. The minimum absolute atomic E-state index is 0.00658. The third-order valence-corrected chi connectivity index (χ3v) is 5.34. The monoisotopic (exact) mass is 500 g/mol. The van der Waals surface area contributed by atoms with Gasteiger partial charge < -0.3 is 10.4 Å². The van der Waals surface area contributed by atoms with E-state index >= 15 is 0 Å². The van der Waals surface area contributed by atoms with Gasteiger partial charge in [-0.15, -0.1) is 11.3 Å². The second-order valence-corrected chi connectivity index (χ2v) is 7.99. The molecule has 2 heterocycles. The number of alkyl halides is 3. The highest BCUT2D eigenvalue weighted by Crippen LogP contribution is 2.32. The van der Waals surface area contributed by atoms with Crippen molar-refractivity contribution in [2.75, 3.05) is 0 Å². The van der Waals surface area contributed by atoms with Crippen molar-refractivity contribution in [1.82, 2.24) is 20.3 Å². The Hall–Kier alpha value is -2.86. The summed E-state index contributed by atoms with van der Waals surface area (Å²) in [6.45, 7) is 1.58. The Morgan fingerprint density at radius 1 is 1.17 bits per heavy atom. The van der Waals surface area contributed by atoms with Crippen LogP contribution in [0.4, 0.5) is 13.2 Å². The van der Waals surface area contributed by atoms with Gasteiger partial charge in [-0.25, -0.2) is 9.78 Å². The number of hydrogen-bond acceptors (Lipinski definition) is 6. The van der Waals surface area contributed by atoms with Crippen LogP contribution in [-0.2, 0) is 6.18 Å². The van der Waals surface area contributed by atoms with Crippen LogP contribution >= 0.6 is 27.3 Å². The van der Waals surface area contributed by atoms with Crippen molar-refractivity contribution in [3.05, 3.63) is 63.0 Å². The molecule has 0 radical (unpaired) electrons. The van der Waals surface area contributed by atoms with E-state index in [1.54, 1.807) is 6.92 Å². The Bertz CT molecular complexity index is 1120. The third kappa shape index (κ3) is 4.82. The molecule has 30 heavy (non-hydrogen) atoms. The van der Waals surface area contributed by atoms with Gasteiger partial charge in [0.2, 0.25) is 0 Å². The number of halogens is 4. The lowest BCUT2D eigenvalue weighted by molar-refractivity contribution is -0.137. The molecule has 0 saturated heterocycles. The van der Waals surface area contributed by atoms with Gasteiger partial charge in [-0.05, 0) is 25.1 Å². The first-order chi connectivity index (χ1) is 14.1. The molecule has 1 aromatic carbocycles. The number of carbonyl (C=O) groups excluding carboxylic acids is 1. The number of aromatic nitrogens is 3. The van der Waals surface area contributed by atoms with Crippen LogP contribution in [-0.4, -0.2) is 31.9 Å². The molecule has 0 spiro atoms. The molecule has 2 N–H and O–H groups in total. The van der Waals surface area contributed by atoms with Gasteiger partial charge in [0.1, 0.15) is 15.6 Å². The van der Waals surface area contributed by atoms with E-state index in [2.05, 4.69) is 36.2 Å². The molecule has 12 heteroatoms. The zero-order valence-corrected chi connectivity index (χ0v) is 17.5. The van der Waals surface area contributed by atoms with E-state index < -0.39 is 29.7 Å². The summed E-state index contributed by atoms with van der Waals surface area (Å²) in [4.78, 5) is 36.0. The Balaban J connectivity index is 1.88. The lowest BCUT2D eigenvalue weighted by atomic mass is 10.1. The number of nitrogens with zero attached hydrogens (tertiary/aromatic N) is 3. The van der Waals surface area contributed by atoms with Crippen LogP contribution in [0, 0.1) is 0 Å². The van der Waals surface area contributed by atoms with Crippen LogP contribution in [0.25, 0.3) is 10.7 Å². The van der Waals surface area contributed by atoms with E-state index in [0.29, 0.717) is 10.7 Å². The van der Waals surface area contributed by atoms with Crippen molar-refractivity contribution in [2.24, 2.45) is 0 Å². The first kappa shape index (κ1) is 21.8. The van der Waals surface area contributed by atoms with Crippen molar-refractivity contribution in [3.63, 3.8) is 0 Å². The van der Waals surface area contributed by atoms with Crippen molar-refractivity contribution in [3.8, 4) is 10.7 Å². The summed E-state index contributed by atoms with van der Waals surface area (Å²) >= 11 is 3.87.